The van der Waals surface area contributed by atoms with Crippen molar-refractivity contribution in [2.75, 3.05) is 6.61 Å². The molecule has 2 aliphatic rings. The van der Waals surface area contributed by atoms with Gasteiger partial charge < -0.3 is 4.74 Å². The number of hydrogen-bond donors (Lipinski definition) is 0. The van der Waals surface area contributed by atoms with Crippen LogP contribution >= 0.6 is 0 Å². The van der Waals surface area contributed by atoms with Gasteiger partial charge in [0.15, 0.2) is 11.6 Å². The molecule has 35 heavy (non-hydrogen) atoms. The van der Waals surface area contributed by atoms with E-state index >= 15 is 0 Å². The predicted molar refractivity (Wildman–Crippen MR) is 135 cm³/mol. The van der Waals surface area contributed by atoms with Crippen molar-refractivity contribution < 1.29 is 17.9 Å². The van der Waals surface area contributed by atoms with Crippen molar-refractivity contribution in [2.24, 2.45) is 17.8 Å². The molecule has 1 nitrogen and oxygen atoms in total. The molecule has 0 spiro atoms. The Morgan fingerprint density at radius 1 is 0.857 bits per heavy atom. The van der Waals surface area contributed by atoms with Crippen LogP contribution in [0.1, 0.15) is 74.0 Å². The lowest BCUT2D eigenvalue weighted by Gasteiger charge is -2.42. The maximum absolute atomic E-state index is 14.9. The van der Waals surface area contributed by atoms with E-state index in [1.807, 2.05) is 12.1 Å². The summed E-state index contributed by atoms with van der Waals surface area (Å²) in [7, 11) is 0. The Morgan fingerprint density at radius 3 is 2.37 bits per heavy atom. The van der Waals surface area contributed by atoms with E-state index < -0.39 is 17.5 Å². The summed E-state index contributed by atoms with van der Waals surface area (Å²) in [6, 6.07) is 7.83. The van der Waals surface area contributed by atoms with Gasteiger partial charge in [0.2, 0.25) is 5.82 Å². The minimum absolute atomic E-state index is 0.0671. The Balaban J connectivity index is 1.42. The van der Waals surface area contributed by atoms with Gasteiger partial charge in [0.1, 0.15) is 12.4 Å². The first-order chi connectivity index (χ1) is 17.0. The quantitative estimate of drug-likeness (QED) is 0.287. The van der Waals surface area contributed by atoms with Crippen LogP contribution in [0.15, 0.2) is 55.6 Å². The number of hydrogen-bond acceptors (Lipinski definition) is 1. The van der Waals surface area contributed by atoms with Crippen molar-refractivity contribution >= 4 is 0 Å². The van der Waals surface area contributed by atoms with Gasteiger partial charge in [0.25, 0.3) is 0 Å². The van der Waals surface area contributed by atoms with Gasteiger partial charge in [-0.05, 0) is 98.4 Å². The van der Waals surface area contributed by atoms with E-state index in [2.05, 4.69) is 25.0 Å². The third-order valence-electron chi connectivity index (χ3n) is 7.70. The summed E-state index contributed by atoms with van der Waals surface area (Å²) in [4.78, 5) is 0. The monoisotopic (exact) mass is 478 g/mol. The maximum atomic E-state index is 14.9. The number of rotatable bonds is 7. The minimum atomic E-state index is -1.11. The van der Waals surface area contributed by atoms with Crippen LogP contribution in [0.3, 0.4) is 0 Å². The van der Waals surface area contributed by atoms with Crippen molar-refractivity contribution in [1.29, 1.82) is 0 Å². The van der Waals surface area contributed by atoms with Gasteiger partial charge in [0, 0.05) is 0 Å². The highest BCUT2D eigenvalue weighted by Crippen LogP contribution is 2.48. The second-order valence-corrected chi connectivity index (χ2v) is 9.90. The summed E-state index contributed by atoms with van der Waals surface area (Å²) in [5, 5.41) is 0. The number of ether oxygens (including phenoxy) is 1. The van der Waals surface area contributed by atoms with Crippen molar-refractivity contribution in [3.63, 3.8) is 0 Å². The molecule has 0 heterocycles. The Morgan fingerprint density at radius 2 is 1.60 bits per heavy atom. The molecule has 2 fully saturated rings. The van der Waals surface area contributed by atoms with E-state index in [0.717, 1.165) is 42.6 Å². The number of allylic oxidation sites excluding steroid dienone is 1. The van der Waals surface area contributed by atoms with Crippen molar-refractivity contribution in [2.45, 2.75) is 57.3 Å². The van der Waals surface area contributed by atoms with Crippen LogP contribution in [0, 0.1) is 47.0 Å². The molecule has 0 radical (unpaired) electrons. The summed E-state index contributed by atoms with van der Waals surface area (Å²) in [5.74, 6) is 5.11. The lowest BCUT2D eigenvalue weighted by atomic mass is 9.63. The fraction of sp³-hybridized carbons (Fsp3) is 0.419. The molecule has 184 valence electrons. The van der Waals surface area contributed by atoms with Crippen molar-refractivity contribution in [3.8, 4) is 17.6 Å². The van der Waals surface area contributed by atoms with Gasteiger partial charge in [0.05, 0.1) is 11.1 Å². The number of halogens is 3. The summed E-state index contributed by atoms with van der Waals surface area (Å²) >= 11 is 0. The Kier molecular flexibility index (Phi) is 8.39. The first-order valence-electron chi connectivity index (χ1n) is 12.6. The average Bonchev–Trinajstić information content (AvgIpc) is 2.88. The summed E-state index contributed by atoms with van der Waals surface area (Å²) in [6.07, 6.45) is 13.1. The molecule has 0 amide bonds. The Hall–Kier alpha value is -2.93. The molecule has 0 N–H and O–H groups in total. The van der Waals surface area contributed by atoms with Crippen LogP contribution in [0.25, 0.3) is 0 Å². The molecule has 2 aliphatic carbocycles. The fourth-order valence-electron chi connectivity index (χ4n) is 5.81. The molecule has 2 aromatic rings. The lowest BCUT2D eigenvalue weighted by Crippen LogP contribution is -2.30. The van der Waals surface area contributed by atoms with Gasteiger partial charge in [-0.25, -0.2) is 8.78 Å². The smallest absolute Gasteiger partial charge is 0.201 e. The van der Waals surface area contributed by atoms with E-state index in [1.54, 1.807) is 12.1 Å². The summed E-state index contributed by atoms with van der Waals surface area (Å²) < 4.78 is 48.5. The minimum Gasteiger partial charge on any atom is -0.486 e. The molecule has 0 aliphatic heterocycles. The average molecular weight is 479 g/mol. The molecule has 0 bridgehead atoms. The van der Waals surface area contributed by atoms with Crippen LogP contribution in [0.5, 0.6) is 5.75 Å². The van der Waals surface area contributed by atoms with Crippen LogP contribution in [-0.2, 0) is 0 Å². The molecular weight excluding hydrogens is 445 g/mol. The van der Waals surface area contributed by atoms with Crippen LogP contribution in [0.4, 0.5) is 13.2 Å². The van der Waals surface area contributed by atoms with Crippen LogP contribution in [0.2, 0.25) is 0 Å². The van der Waals surface area contributed by atoms with Gasteiger partial charge in [-0.1, -0.05) is 43.1 Å². The first kappa shape index (κ1) is 25.2. The molecule has 0 aromatic heterocycles. The predicted octanol–water partition coefficient (Wildman–Crippen LogP) is 8.33. The third-order valence-corrected chi connectivity index (χ3v) is 7.70. The standard InChI is InChI=1S/C31H33F3O/c1-3-5-6-21-7-8-25-19-26(14-13-24(25)18-21)27-12-10-22(28(32)20-27)9-11-23-15-16-29(35-17-4-2)31(34)30(23)33/h3-4,10,12,15-16,20-21,24-26H,1-2,5-8,13-14,17-19H2. The second kappa shape index (κ2) is 11.7. The van der Waals surface area contributed by atoms with Gasteiger partial charge in [-0.3, -0.25) is 0 Å². The highest BCUT2D eigenvalue weighted by Gasteiger charge is 2.35. The Bertz CT molecular complexity index is 1130. The normalized spacial score (nSPS) is 23.5. The fourth-order valence-corrected chi connectivity index (χ4v) is 5.81. The molecule has 2 aromatic carbocycles. The maximum Gasteiger partial charge on any atom is 0.201 e. The van der Waals surface area contributed by atoms with E-state index in [4.69, 9.17) is 4.74 Å². The van der Waals surface area contributed by atoms with E-state index in [-0.39, 0.29) is 23.5 Å². The first-order valence-corrected chi connectivity index (χ1v) is 12.6. The number of benzene rings is 2. The molecule has 0 saturated heterocycles. The van der Waals surface area contributed by atoms with Crippen LogP contribution < -0.4 is 4.74 Å². The van der Waals surface area contributed by atoms with Crippen molar-refractivity contribution in [3.05, 3.63) is 89.8 Å². The molecular formula is C31H33F3O. The van der Waals surface area contributed by atoms with E-state index in [0.29, 0.717) is 5.92 Å². The highest BCUT2D eigenvalue weighted by atomic mass is 19.2. The van der Waals surface area contributed by atoms with Gasteiger partial charge >= 0.3 is 0 Å². The second-order valence-electron chi connectivity index (χ2n) is 9.90. The van der Waals surface area contributed by atoms with Gasteiger partial charge in [-0.2, -0.15) is 4.39 Å². The zero-order valence-corrected chi connectivity index (χ0v) is 20.2. The Labute approximate surface area is 207 Å². The highest BCUT2D eigenvalue weighted by molar-refractivity contribution is 5.47. The van der Waals surface area contributed by atoms with Crippen molar-refractivity contribution in [1.82, 2.24) is 0 Å². The topological polar surface area (TPSA) is 9.23 Å². The third kappa shape index (κ3) is 6.01. The molecule has 4 atom stereocenters. The lowest BCUT2D eigenvalue weighted by molar-refractivity contribution is 0.115. The van der Waals surface area contributed by atoms with Gasteiger partial charge in [-0.15, -0.1) is 6.58 Å². The molecule has 2 saturated carbocycles. The molecule has 4 unspecified atom stereocenters. The largest absolute Gasteiger partial charge is 0.486 e. The zero-order valence-electron chi connectivity index (χ0n) is 20.2. The summed E-state index contributed by atoms with van der Waals surface area (Å²) in [5.41, 5.74) is 1.05. The van der Waals surface area contributed by atoms with E-state index in [9.17, 15) is 13.2 Å². The SMILES string of the molecule is C=CCCC1CCC2CC(c3ccc(C#Cc4ccc(OCC=C)c(F)c4F)c(F)c3)CCC2C1. The van der Waals surface area contributed by atoms with Crippen LogP contribution in [-0.4, -0.2) is 6.61 Å². The number of fused-ring (bicyclic) bond motifs is 1. The molecule has 4 heteroatoms. The summed E-state index contributed by atoms with van der Waals surface area (Å²) in [6.45, 7) is 7.40. The zero-order chi connectivity index (χ0) is 24.8. The molecule has 4 rings (SSSR count). The van der Waals surface area contributed by atoms with E-state index in [1.165, 1.54) is 50.3 Å².